The number of halogens is 1. The number of nitrogens with zero attached hydrogens (tertiary/aromatic N) is 2. The molecule has 0 spiro atoms. The number of hydrogen-bond donors (Lipinski definition) is 1. The first-order valence-electron chi connectivity index (χ1n) is 10.3. The molecule has 1 amide bonds. The number of nitrogens with one attached hydrogen (secondary N) is 1. The van der Waals surface area contributed by atoms with Crippen molar-refractivity contribution in [2.45, 2.75) is 32.1 Å². The molecule has 4 rings (SSSR count). The van der Waals surface area contributed by atoms with Gasteiger partial charge in [-0.1, -0.05) is 24.6 Å². The van der Waals surface area contributed by atoms with E-state index in [1.165, 1.54) is 31.5 Å². The molecule has 2 aromatic heterocycles. The van der Waals surface area contributed by atoms with Crippen molar-refractivity contribution in [2.24, 2.45) is 0 Å². The van der Waals surface area contributed by atoms with Crippen molar-refractivity contribution in [3.8, 4) is 11.5 Å². The van der Waals surface area contributed by atoms with Gasteiger partial charge in [-0.25, -0.2) is 21.8 Å². The molecule has 0 aliphatic rings. The van der Waals surface area contributed by atoms with E-state index < -0.39 is 15.8 Å². The smallest absolute Gasteiger partial charge is 0.269 e. The second-order valence-electron chi connectivity index (χ2n) is 7.56. The topological polar surface area (TPSA) is 90.3 Å². The quantitative estimate of drug-likeness (QED) is 0.429. The average Bonchev–Trinajstić information content (AvgIpc) is 3.16. The first-order valence-corrected chi connectivity index (χ1v) is 11.7. The highest BCUT2D eigenvalue weighted by Gasteiger charge is 2.24. The number of carbonyl (C=O) groups excluding carboxylic acids is 1. The molecule has 0 bridgehead atoms. The van der Waals surface area contributed by atoms with Gasteiger partial charge in [0.1, 0.15) is 5.75 Å². The number of rotatable bonds is 6. The summed E-state index contributed by atoms with van der Waals surface area (Å²) < 4.78 is 48.2. The van der Waals surface area contributed by atoms with Gasteiger partial charge in [-0.2, -0.15) is 0 Å². The molecule has 7 nitrogen and oxygen atoms in total. The van der Waals surface area contributed by atoms with E-state index in [1.54, 1.807) is 30.3 Å². The van der Waals surface area contributed by atoms with Crippen molar-refractivity contribution < 1.29 is 22.3 Å². The largest absolute Gasteiger partial charge is 0.453 e. The molecule has 0 radical (unpaired) electrons. The number of ether oxygens (including phenoxy) is 1. The number of amides is 1. The molecule has 170 valence electrons. The Balaban J connectivity index is 1.80. The zero-order valence-corrected chi connectivity index (χ0v) is 19.1. The summed E-state index contributed by atoms with van der Waals surface area (Å²) in [5.41, 5.74) is 2.14. The summed E-state index contributed by atoms with van der Waals surface area (Å²) in [6.07, 6.45) is 3.46. The number of anilines is 1. The van der Waals surface area contributed by atoms with Crippen LogP contribution < -0.4 is 10.1 Å². The van der Waals surface area contributed by atoms with E-state index in [1.807, 2.05) is 13.8 Å². The summed E-state index contributed by atoms with van der Waals surface area (Å²) >= 11 is 0. The normalized spacial score (nSPS) is 11.5. The molecule has 9 heteroatoms. The van der Waals surface area contributed by atoms with Gasteiger partial charge < -0.3 is 10.1 Å². The molecule has 4 aromatic rings. The van der Waals surface area contributed by atoms with Crippen LogP contribution in [0, 0.1) is 12.7 Å². The molecule has 33 heavy (non-hydrogen) atoms. The molecular formula is C24H22FN3O4S. The van der Waals surface area contributed by atoms with E-state index in [0.29, 0.717) is 23.1 Å². The minimum absolute atomic E-state index is 0.0622. The molecule has 0 saturated heterocycles. The minimum Gasteiger partial charge on any atom is -0.453 e. The van der Waals surface area contributed by atoms with Crippen molar-refractivity contribution >= 4 is 32.7 Å². The molecule has 2 aromatic carbocycles. The molecule has 1 N–H and O–H groups in total. The van der Waals surface area contributed by atoms with E-state index in [4.69, 9.17) is 4.74 Å². The highest BCUT2D eigenvalue weighted by Crippen LogP contribution is 2.36. The van der Waals surface area contributed by atoms with E-state index in [9.17, 15) is 17.6 Å². The van der Waals surface area contributed by atoms with Gasteiger partial charge in [-0.15, -0.1) is 0 Å². The van der Waals surface area contributed by atoms with Crippen molar-refractivity contribution in [1.29, 1.82) is 0 Å². The number of aromatic nitrogens is 2. The van der Waals surface area contributed by atoms with Crippen LogP contribution >= 0.6 is 0 Å². The maximum atomic E-state index is 14.6. The molecular weight excluding hydrogens is 445 g/mol. The van der Waals surface area contributed by atoms with Crippen LogP contribution in [0.15, 0.2) is 65.8 Å². The van der Waals surface area contributed by atoms with Gasteiger partial charge in [-0.3, -0.25) is 4.79 Å². The Morgan fingerprint density at radius 2 is 1.85 bits per heavy atom. The van der Waals surface area contributed by atoms with E-state index in [-0.39, 0.29) is 27.9 Å². The number of benzene rings is 2. The highest BCUT2D eigenvalue weighted by molar-refractivity contribution is 7.90. The Hall–Kier alpha value is -3.72. The van der Waals surface area contributed by atoms with Crippen molar-refractivity contribution in [1.82, 2.24) is 8.96 Å². The fraction of sp³-hybridized carbons (Fsp3) is 0.167. The van der Waals surface area contributed by atoms with Crippen LogP contribution in [-0.2, 0) is 21.2 Å². The number of hydrogen-bond acceptors (Lipinski definition) is 5. The van der Waals surface area contributed by atoms with Crippen LogP contribution in [-0.4, -0.2) is 23.3 Å². The molecule has 0 aliphatic heterocycles. The Morgan fingerprint density at radius 3 is 2.48 bits per heavy atom. The van der Waals surface area contributed by atoms with Crippen LogP contribution in [0.25, 0.3) is 11.0 Å². The van der Waals surface area contributed by atoms with Gasteiger partial charge in [0.2, 0.25) is 5.91 Å². The average molecular weight is 468 g/mol. The van der Waals surface area contributed by atoms with Crippen LogP contribution in [0.3, 0.4) is 0 Å². The zero-order valence-electron chi connectivity index (χ0n) is 18.3. The highest BCUT2D eigenvalue weighted by atomic mass is 32.2. The number of pyridine rings is 1. The van der Waals surface area contributed by atoms with Gasteiger partial charge in [0.15, 0.2) is 17.2 Å². The third-order valence-corrected chi connectivity index (χ3v) is 6.79. The Bertz CT molecular complexity index is 1460. The maximum Gasteiger partial charge on any atom is 0.269 e. The van der Waals surface area contributed by atoms with Crippen molar-refractivity contribution in [3.05, 3.63) is 77.9 Å². The number of aryl methyl sites for hydroxylation is 2. The molecule has 2 heterocycles. The Morgan fingerprint density at radius 1 is 1.12 bits per heavy atom. The lowest BCUT2D eigenvalue weighted by atomic mass is 10.1. The van der Waals surface area contributed by atoms with E-state index in [0.717, 1.165) is 15.6 Å². The van der Waals surface area contributed by atoms with Crippen LogP contribution in [0.1, 0.15) is 25.0 Å². The fourth-order valence-electron chi connectivity index (χ4n) is 3.51. The summed E-state index contributed by atoms with van der Waals surface area (Å²) in [6.45, 7) is 5.10. The van der Waals surface area contributed by atoms with Gasteiger partial charge >= 0.3 is 0 Å². The van der Waals surface area contributed by atoms with Crippen molar-refractivity contribution in [3.63, 3.8) is 0 Å². The molecule has 0 unspecified atom stereocenters. The molecule has 0 saturated carbocycles. The monoisotopic (exact) mass is 467 g/mol. The van der Waals surface area contributed by atoms with Gasteiger partial charge in [0, 0.05) is 31.1 Å². The molecule has 0 fully saturated rings. The maximum absolute atomic E-state index is 14.6. The van der Waals surface area contributed by atoms with Crippen LogP contribution in [0.2, 0.25) is 0 Å². The second-order valence-corrected chi connectivity index (χ2v) is 9.37. The Labute approximate surface area is 190 Å². The predicted molar refractivity (Wildman–Crippen MR) is 124 cm³/mol. The van der Waals surface area contributed by atoms with Gasteiger partial charge in [0.05, 0.1) is 10.3 Å². The summed E-state index contributed by atoms with van der Waals surface area (Å²) in [7, 11) is -3.90. The minimum atomic E-state index is -3.90. The summed E-state index contributed by atoms with van der Waals surface area (Å²) in [6, 6.07) is 12.2. The second kappa shape index (κ2) is 8.67. The van der Waals surface area contributed by atoms with Gasteiger partial charge in [-0.05, 0) is 49.2 Å². The van der Waals surface area contributed by atoms with E-state index >= 15 is 0 Å². The number of fused-ring (bicyclic) bond motifs is 1. The van der Waals surface area contributed by atoms with Crippen LogP contribution in [0.5, 0.6) is 11.5 Å². The van der Waals surface area contributed by atoms with Gasteiger partial charge in [0.25, 0.3) is 10.0 Å². The standard InChI is InChI=1S/C24H22FN3O4S/c1-4-17-14-28(33(30,31)19-8-5-15(2)6-9-19)24-23(17)22(11-12-26-24)32-21-10-7-18(13-20(21)25)27-16(3)29/h5-14H,4H2,1-3H3,(H,27,29). The fourth-order valence-corrected chi connectivity index (χ4v) is 4.85. The predicted octanol–water partition coefficient (Wildman–Crippen LogP) is 5.03. The van der Waals surface area contributed by atoms with E-state index in [2.05, 4.69) is 10.3 Å². The summed E-state index contributed by atoms with van der Waals surface area (Å²) in [5.74, 6) is -0.771. The Kier molecular flexibility index (Phi) is 5.90. The third kappa shape index (κ3) is 4.31. The van der Waals surface area contributed by atoms with Crippen LogP contribution in [0.4, 0.5) is 10.1 Å². The number of carbonyl (C=O) groups is 1. The first kappa shape index (κ1) is 22.5. The summed E-state index contributed by atoms with van der Waals surface area (Å²) in [5, 5.41) is 3.00. The molecule has 0 aliphatic carbocycles. The third-order valence-electron chi connectivity index (χ3n) is 5.13. The summed E-state index contributed by atoms with van der Waals surface area (Å²) in [4.78, 5) is 15.6. The lowest BCUT2D eigenvalue weighted by molar-refractivity contribution is -0.114. The SMILES string of the molecule is CCc1cn(S(=O)(=O)c2ccc(C)cc2)c2nccc(Oc3ccc(NC(C)=O)cc3F)c12. The lowest BCUT2D eigenvalue weighted by Gasteiger charge is -2.11. The zero-order chi connectivity index (χ0) is 23.8. The van der Waals surface area contributed by atoms with Crippen molar-refractivity contribution in [2.75, 3.05) is 5.32 Å². The lowest BCUT2D eigenvalue weighted by Crippen LogP contribution is -2.12. The first-order chi connectivity index (χ1) is 15.7. The molecule has 0 atom stereocenters.